The van der Waals surface area contributed by atoms with Crippen LogP contribution in [0.4, 0.5) is 0 Å². The lowest BCUT2D eigenvalue weighted by atomic mass is 10.0. The SMILES string of the molecule is Pn1ccc(-c2ccccc2)c1-c1ccccc1. The monoisotopic (exact) mass is 251 g/mol. The van der Waals surface area contributed by atoms with E-state index in [4.69, 9.17) is 0 Å². The van der Waals surface area contributed by atoms with Gasteiger partial charge in [-0.1, -0.05) is 60.7 Å². The van der Waals surface area contributed by atoms with Crippen LogP contribution in [0, 0.1) is 0 Å². The molecule has 1 unspecified atom stereocenters. The Morgan fingerprint density at radius 3 is 1.83 bits per heavy atom. The molecule has 0 amide bonds. The van der Waals surface area contributed by atoms with Crippen molar-refractivity contribution >= 4 is 9.39 Å². The van der Waals surface area contributed by atoms with E-state index in [1.165, 1.54) is 22.4 Å². The van der Waals surface area contributed by atoms with Crippen LogP contribution in [0.1, 0.15) is 0 Å². The summed E-state index contributed by atoms with van der Waals surface area (Å²) in [6.45, 7) is 0. The summed E-state index contributed by atoms with van der Waals surface area (Å²) in [4.78, 5) is 0. The van der Waals surface area contributed by atoms with Gasteiger partial charge in [-0.15, -0.1) is 0 Å². The van der Waals surface area contributed by atoms with Crippen molar-refractivity contribution in [1.82, 2.24) is 4.34 Å². The van der Waals surface area contributed by atoms with Gasteiger partial charge in [-0.3, -0.25) is 0 Å². The average Bonchev–Trinajstić information content (AvgIpc) is 2.83. The second-order valence-electron chi connectivity index (χ2n) is 4.22. The Morgan fingerprint density at radius 1 is 0.667 bits per heavy atom. The topological polar surface area (TPSA) is 4.93 Å². The van der Waals surface area contributed by atoms with E-state index in [1.807, 2.05) is 12.1 Å². The smallest absolute Gasteiger partial charge is 0.0588 e. The van der Waals surface area contributed by atoms with E-state index >= 15 is 0 Å². The van der Waals surface area contributed by atoms with E-state index < -0.39 is 0 Å². The molecular weight excluding hydrogens is 237 g/mol. The molecule has 0 N–H and O–H groups in total. The molecule has 3 aromatic rings. The first-order valence-corrected chi connectivity index (χ1v) is 6.45. The highest BCUT2D eigenvalue weighted by Crippen LogP contribution is 2.34. The second-order valence-corrected chi connectivity index (χ2v) is 4.77. The van der Waals surface area contributed by atoms with Crippen LogP contribution in [0.25, 0.3) is 22.4 Å². The maximum Gasteiger partial charge on any atom is 0.0588 e. The van der Waals surface area contributed by atoms with Crippen LogP contribution in [0.15, 0.2) is 72.9 Å². The van der Waals surface area contributed by atoms with Gasteiger partial charge in [0.05, 0.1) is 5.69 Å². The lowest BCUT2D eigenvalue weighted by Crippen LogP contribution is -1.86. The Hall–Kier alpha value is -1.85. The summed E-state index contributed by atoms with van der Waals surface area (Å²) in [5.41, 5.74) is 4.97. The van der Waals surface area contributed by atoms with Crippen LogP contribution in [-0.2, 0) is 0 Å². The fraction of sp³-hybridized carbons (Fsp3) is 0. The van der Waals surface area contributed by atoms with Crippen molar-refractivity contribution in [2.75, 3.05) is 0 Å². The number of aromatic nitrogens is 1. The third-order valence-corrected chi connectivity index (χ3v) is 3.48. The molecule has 0 saturated carbocycles. The molecule has 0 aliphatic rings. The van der Waals surface area contributed by atoms with Gasteiger partial charge in [0, 0.05) is 11.8 Å². The van der Waals surface area contributed by atoms with Crippen LogP contribution >= 0.6 is 9.39 Å². The summed E-state index contributed by atoms with van der Waals surface area (Å²) >= 11 is 0. The molecular formula is C16H14NP. The standard InChI is InChI=1S/C16H14NP/c18-17-12-11-15(13-7-3-1-4-8-13)16(17)14-9-5-2-6-10-14/h1-12H,18H2. The molecule has 0 fully saturated rings. The molecule has 1 atom stereocenters. The highest BCUT2D eigenvalue weighted by molar-refractivity contribution is 7.14. The third kappa shape index (κ3) is 1.98. The van der Waals surface area contributed by atoms with Gasteiger partial charge in [-0.25, -0.2) is 0 Å². The average molecular weight is 251 g/mol. The molecule has 0 spiro atoms. The van der Waals surface area contributed by atoms with Crippen molar-refractivity contribution in [3.05, 3.63) is 72.9 Å². The zero-order valence-electron chi connectivity index (χ0n) is 9.95. The minimum atomic E-state index is 1.23. The Kier molecular flexibility index (Phi) is 3.00. The zero-order chi connectivity index (χ0) is 12.4. The lowest BCUT2D eigenvalue weighted by Gasteiger charge is -2.08. The van der Waals surface area contributed by atoms with E-state index in [9.17, 15) is 0 Å². The summed E-state index contributed by atoms with van der Waals surface area (Å²) in [6.07, 6.45) is 2.08. The molecule has 0 radical (unpaired) electrons. The largest absolute Gasteiger partial charge is 0.331 e. The van der Waals surface area contributed by atoms with Gasteiger partial charge in [-0.2, -0.15) is 0 Å². The van der Waals surface area contributed by atoms with Crippen LogP contribution in [0.2, 0.25) is 0 Å². The first-order chi connectivity index (χ1) is 8.86. The molecule has 18 heavy (non-hydrogen) atoms. The molecule has 1 nitrogen and oxygen atoms in total. The van der Waals surface area contributed by atoms with Gasteiger partial charge >= 0.3 is 0 Å². The van der Waals surface area contributed by atoms with E-state index in [2.05, 4.69) is 74.5 Å². The number of benzene rings is 2. The second kappa shape index (κ2) is 4.80. The summed E-state index contributed by atoms with van der Waals surface area (Å²) < 4.78 is 2.09. The van der Waals surface area contributed by atoms with Crippen molar-refractivity contribution in [3.63, 3.8) is 0 Å². The number of hydrogen-bond acceptors (Lipinski definition) is 0. The maximum atomic E-state index is 2.75. The normalized spacial score (nSPS) is 10.5. The predicted molar refractivity (Wildman–Crippen MR) is 80.4 cm³/mol. The fourth-order valence-electron chi connectivity index (χ4n) is 2.20. The number of hydrogen-bond donors (Lipinski definition) is 0. The van der Waals surface area contributed by atoms with Crippen molar-refractivity contribution in [2.45, 2.75) is 0 Å². The summed E-state index contributed by atoms with van der Waals surface area (Å²) in [5, 5.41) is 0. The first kappa shape index (κ1) is 11.3. The van der Waals surface area contributed by atoms with E-state index in [0.717, 1.165) is 0 Å². The Morgan fingerprint density at radius 2 is 1.22 bits per heavy atom. The zero-order valence-corrected chi connectivity index (χ0v) is 11.1. The summed E-state index contributed by atoms with van der Waals surface area (Å²) in [7, 11) is 2.75. The molecule has 3 rings (SSSR count). The third-order valence-electron chi connectivity index (χ3n) is 3.05. The number of nitrogens with zero attached hydrogens (tertiary/aromatic N) is 1. The Balaban J connectivity index is 2.19. The number of rotatable bonds is 2. The molecule has 0 aliphatic carbocycles. The van der Waals surface area contributed by atoms with Crippen molar-refractivity contribution < 1.29 is 0 Å². The molecule has 1 heterocycles. The molecule has 2 heteroatoms. The van der Waals surface area contributed by atoms with Crippen LogP contribution in [-0.4, -0.2) is 4.34 Å². The lowest BCUT2D eigenvalue weighted by molar-refractivity contribution is 1.29. The highest BCUT2D eigenvalue weighted by Gasteiger charge is 2.10. The summed E-state index contributed by atoms with van der Waals surface area (Å²) in [6, 6.07) is 23.1. The summed E-state index contributed by atoms with van der Waals surface area (Å²) in [5.74, 6) is 0. The van der Waals surface area contributed by atoms with Crippen molar-refractivity contribution in [2.24, 2.45) is 0 Å². The molecule has 1 aromatic heterocycles. The molecule has 88 valence electrons. The van der Waals surface area contributed by atoms with Crippen LogP contribution < -0.4 is 0 Å². The maximum absolute atomic E-state index is 2.75. The minimum Gasteiger partial charge on any atom is -0.331 e. The van der Waals surface area contributed by atoms with Gasteiger partial charge in [0.1, 0.15) is 0 Å². The van der Waals surface area contributed by atoms with Crippen molar-refractivity contribution in [3.8, 4) is 22.4 Å². The van der Waals surface area contributed by atoms with Crippen molar-refractivity contribution in [1.29, 1.82) is 0 Å². The highest BCUT2D eigenvalue weighted by atomic mass is 31.0. The Labute approximate surface area is 109 Å². The fourth-order valence-corrected chi connectivity index (χ4v) is 2.57. The predicted octanol–water partition coefficient (Wildman–Crippen LogP) is 4.46. The molecule has 0 aliphatic heterocycles. The minimum absolute atomic E-state index is 1.23. The molecule has 2 aromatic carbocycles. The van der Waals surface area contributed by atoms with E-state index in [-0.39, 0.29) is 0 Å². The first-order valence-electron chi connectivity index (χ1n) is 5.93. The van der Waals surface area contributed by atoms with Crippen LogP contribution in [0.5, 0.6) is 0 Å². The van der Waals surface area contributed by atoms with E-state index in [1.54, 1.807) is 0 Å². The van der Waals surface area contributed by atoms with Gasteiger partial charge in [0.15, 0.2) is 0 Å². The quantitative estimate of drug-likeness (QED) is 0.592. The van der Waals surface area contributed by atoms with Gasteiger partial charge < -0.3 is 4.34 Å². The van der Waals surface area contributed by atoms with Gasteiger partial charge in [0.2, 0.25) is 0 Å². The Bertz CT molecular complexity index is 641. The van der Waals surface area contributed by atoms with Crippen LogP contribution in [0.3, 0.4) is 0 Å². The molecule has 0 bridgehead atoms. The van der Waals surface area contributed by atoms with Gasteiger partial charge in [0.25, 0.3) is 0 Å². The van der Waals surface area contributed by atoms with Gasteiger partial charge in [-0.05, 0) is 26.6 Å². The van der Waals surface area contributed by atoms with E-state index in [0.29, 0.717) is 0 Å². The molecule has 0 saturated heterocycles.